The van der Waals surface area contributed by atoms with Crippen molar-refractivity contribution >= 4 is 58.5 Å². The van der Waals surface area contributed by atoms with Gasteiger partial charge in [0.25, 0.3) is 11.8 Å². The average molecular weight is 795 g/mol. The van der Waals surface area contributed by atoms with E-state index in [9.17, 15) is 24.0 Å². The summed E-state index contributed by atoms with van der Waals surface area (Å²) in [5.41, 5.74) is 1.62. The number of benzene rings is 1. The summed E-state index contributed by atoms with van der Waals surface area (Å²) in [7, 11) is 0. The van der Waals surface area contributed by atoms with E-state index < -0.39 is 29.7 Å². The number of pyridine rings is 1. The Morgan fingerprint density at radius 1 is 0.877 bits per heavy atom. The molecule has 5 aliphatic rings. The SMILES string of the molecule is N#Cc1ncc(OC2CCC(C(=O)Nc3ccc(N4CCC(CN5CCN(c6ccc7c(c6)C(=O)N(C6CCC(=O)NC6=O)C7=O)CC5)CC4)nn3)CC2)cc1Cl. The van der Waals surface area contributed by atoms with E-state index in [1.165, 1.54) is 6.20 Å². The molecule has 57 heavy (non-hydrogen) atoms. The average Bonchev–Trinajstić information content (AvgIpc) is 3.47. The highest BCUT2D eigenvalue weighted by Crippen LogP contribution is 2.33. The third-order valence-corrected chi connectivity index (χ3v) is 12.1. The first kappa shape index (κ1) is 38.2. The molecule has 0 bridgehead atoms. The maximum Gasteiger partial charge on any atom is 0.262 e. The standard InChI is InChI=1S/C40H43ClN10O6/c41-31-20-28(22-43-32(31)21-42)57-27-4-1-25(2-5-27)37(53)44-34-8-9-35(47-46-34)50-13-11-24(12-14-50)23-48-15-17-49(18-16-48)26-3-6-29-30(19-26)40(56)51(39(29)55)33-7-10-36(52)45-38(33)54/h3,6,8-9,19-20,22,24-25,27,33H,1-2,4-5,7,10-18,23H2,(H,44,46,53)(H,45,52,54). The number of imide groups is 2. The van der Waals surface area contributed by atoms with Gasteiger partial charge in [0.05, 0.1) is 28.5 Å². The Labute approximate surface area is 334 Å². The van der Waals surface area contributed by atoms with Gasteiger partial charge in [-0.05, 0) is 81.2 Å². The van der Waals surface area contributed by atoms with Crippen LogP contribution < -0.4 is 25.2 Å². The molecule has 1 aromatic carbocycles. The molecule has 8 rings (SSSR count). The number of carbonyl (C=O) groups excluding carboxylic acids is 5. The number of anilines is 3. The lowest BCUT2D eigenvalue weighted by Crippen LogP contribution is -2.54. The minimum absolute atomic E-state index is 0.0533. The molecule has 5 amide bonds. The monoisotopic (exact) mass is 794 g/mol. The molecule has 1 saturated carbocycles. The van der Waals surface area contributed by atoms with Gasteiger partial charge in [0.2, 0.25) is 17.7 Å². The van der Waals surface area contributed by atoms with E-state index in [1.54, 1.807) is 18.2 Å². The van der Waals surface area contributed by atoms with E-state index in [2.05, 4.69) is 40.5 Å². The fraction of sp³-hybridized carbons (Fsp3) is 0.475. The molecular formula is C40H43ClN10O6. The lowest BCUT2D eigenvalue weighted by Gasteiger charge is -2.39. The number of piperidine rings is 2. The Hall–Kier alpha value is -5.66. The highest BCUT2D eigenvalue weighted by molar-refractivity contribution is 6.31. The summed E-state index contributed by atoms with van der Waals surface area (Å²) in [6.45, 7) is 6.10. The zero-order valence-electron chi connectivity index (χ0n) is 31.4. The van der Waals surface area contributed by atoms with Crippen molar-refractivity contribution in [2.75, 3.05) is 60.9 Å². The van der Waals surface area contributed by atoms with Crippen molar-refractivity contribution in [1.29, 1.82) is 5.26 Å². The summed E-state index contributed by atoms with van der Waals surface area (Å²) < 4.78 is 6.00. The molecule has 1 aliphatic carbocycles. The first-order valence-electron chi connectivity index (χ1n) is 19.6. The normalized spacial score (nSPS) is 23.2. The van der Waals surface area contributed by atoms with Gasteiger partial charge < -0.3 is 19.9 Å². The Bertz CT molecular complexity index is 2100. The van der Waals surface area contributed by atoms with E-state index in [-0.39, 0.29) is 47.1 Å². The van der Waals surface area contributed by atoms with Gasteiger partial charge in [-0.25, -0.2) is 4.98 Å². The molecule has 2 aromatic heterocycles. The second-order valence-electron chi connectivity index (χ2n) is 15.4. The molecular weight excluding hydrogens is 752 g/mol. The van der Waals surface area contributed by atoms with Crippen molar-refractivity contribution in [3.63, 3.8) is 0 Å². The quantitative estimate of drug-likeness (QED) is 0.300. The van der Waals surface area contributed by atoms with Crippen LogP contribution in [0.2, 0.25) is 5.02 Å². The van der Waals surface area contributed by atoms with E-state index in [0.29, 0.717) is 48.7 Å². The number of piperazine rings is 1. The third-order valence-electron chi connectivity index (χ3n) is 11.8. The van der Waals surface area contributed by atoms with E-state index in [0.717, 1.165) is 75.1 Å². The van der Waals surface area contributed by atoms with Crippen LogP contribution in [0.1, 0.15) is 77.8 Å². The van der Waals surface area contributed by atoms with Gasteiger partial charge in [-0.1, -0.05) is 11.6 Å². The molecule has 17 heteroatoms. The zero-order chi connectivity index (χ0) is 39.6. The molecule has 0 radical (unpaired) electrons. The summed E-state index contributed by atoms with van der Waals surface area (Å²) in [5, 5.41) is 23.2. The summed E-state index contributed by atoms with van der Waals surface area (Å²) in [5.74, 6) is 0.0868. The number of aromatic nitrogens is 3. The number of fused-ring (bicyclic) bond motifs is 1. The van der Waals surface area contributed by atoms with E-state index >= 15 is 0 Å². The summed E-state index contributed by atoms with van der Waals surface area (Å²) in [6.07, 6.45) is 6.52. The smallest absolute Gasteiger partial charge is 0.262 e. The van der Waals surface area contributed by atoms with Gasteiger partial charge in [-0.2, -0.15) is 5.26 Å². The minimum Gasteiger partial charge on any atom is -0.489 e. The molecule has 4 aliphatic heterocycles. The highest BCUT2D eigenvalue weighted by atomic mass is 35.5. The number of nitriles is 1. The number of hydrogen-bond acceptors (Lipinski definition) is 13. The molecule has 2 N–H and O–H groups in total. The van der Waals surface area contributed by atoms with Crippen molar-refractivity contribution in [3.8, 4) is 11.8 Å². The fourth-order valence-electron chi connectivity index (χ4n) is 8.55. The summed E-state index contributed by atoms with van der Waals surface area (Å²) in [6, 6.07) is 11.6. The molecule has 1 atom stereocenters. The molecule has 1 unspecified atom stereocenters. The van der Waals surface area contributed by atoms with Gasteiger partial charge in [-0.15, -0.1) is 10.2 Å². The van der Waals surface area contributed by atoms with Crippen LogP contribution in [0.3, 0.4) is 0 Å². The molecule has 3 saturated heterocycles. The Morgan fingerprint density at radius 2 is 1.63 bits per heavy atom. The summed E-state index contributed by atoms with van der Waals surface area (Å²) >= 11 is 6.08. The number of nitrogens with zero attached hydrogens (tertiary/aromatic N) is 8. The van der Waals surface area contributed by atoms with Gasteiger partial charge in [0.1, 0.15) is 17.9 Å². The van der Waals surface area contributed by atoms with E-state index in [4.69, 9.17) is 21.6 Å². The number of amides is 5. The topological polar surface area (TPSA) is 194 Å². The fourth-order valence-corrected chi connectivity index (χ4v) is 8.74. The van der Waals surface area contributed by atoms with Crippen molar-refractivity contribution in [1.82, 2.24) is 30.3 Å². The highest BCUT2D eigenvalue weighted by Gasteiger charge is 2.45. The van der Waals surface area contributed by atoms with Crippen LogP contribution in [0.5, 0.6) is 5.75 Å². The Morgan fingerprint density at radius 3 is 2.32 bits per heavy atom. The summed E-state index contributed by atoms with van der Waals surface area (Å²) in [4.78, 5) is 75.4. The lowest BCUT2D eigenvalue weighted by molar-refractivity contribution is -0.136. The number of halogens is 1. The first-order chi connectivity index (χ1) is 27.6. The molecule has 0 spiro atoms. The maximum atomic E-state index is 13.3. The number of carbonyl (C=O) groups is 5. The van der Waals surface area contributed by atoms with Gasteiger partial charge in [0.15, 0.2) is 17.3 Å². The van der Waals surface area contributed by atoms with E-state index in [1.807, 2.05) is 24.3 Å². The van der Waals surface area contributed by atoms with Crippen LogP contribution in [0.25, 0.3) is 0 Å². The number of nitrogens with one attached hydrogen (secondary N) is 2. The van der Waals surface area contributed by atoms with Gasteiger partial charge in [0, 0.05) is 69.9 Å². The zero-order valence-corrected chi connectivity index (χ0v) is 32.1. The number of hydrogen-bond donors (Lipinski definition) is 2. The van der Waals surface area contributed by atoms with Crippen molar-refractivity contribution in [2.24, 2.45) is 11.8 Å². The van der Waals surface area contributed by atoms with Crippen LogP contribution in [-0.4, -0.2) is 112 Å². The first-order valence-corrected chi connectivity index (χ1v) is 20.0. The van der Waals surface area contributed by atoms with Crippen molar-refractivity contribution in [2.45, 2.75) is 63.5 Å². The second kappa shape index (κ2) is 16.4. The minimum atomic E-state index is -0.977. The molecule has 6 heterocycles. The van der Waals surface area contributed by atoms with Crippen molar-refractivity contribution in [3.05, 3.63) is 64.4 Å². The predicted molar refractivity (Wildman–Crippen MR) is 208 cm³/mol. The molecule has 16 nitrogen and oxygen atoms in total. The Kier molecular flexibility index (Phi) is 11.0. The van der Waals surface area contributed by atoms with Gasteiger partial charge >= 0.3 is 0 Å². The van der Waals surface area contributed by atoms with Crippen molar-refractivity contribution < 1.29 is 28.7 Å². The van der Waals surface area contributed by atoms with Crippen LogP contribution in [0.4, 0.5) is 17.3 Å². The van der Waals surface area contributed by atoms with Crippen LogP contribution >= 0.6 is 11.6 Å². The molecule has 296 valence electrons. The van der Waals surface area contributed by atoms with Crippen LogP contribution in [-0.2, 0) is 14.4 Å². The van der Waals surface area contributed by atoms with Crippen LogP contribution in [0, 0.1) is 23.2 Å². The maximum absolute atomic E-state index is 13.3. The van der Waals surface area contributed by atoms with Crippen LogP contribution in [0.15, 0.2) is 42.6 Å². The second-order valence-corrected chi connectivity index (χ2v) is 15.8. The molecule has 4 fully saturated rings. The Balaban J connectivity index is 0.751. The molecule has 3 aromatic rings. The number of ether oxygens (including phenoxy) is 1. The third kappa shape index (κ3) is 8.26. The lowest BCUT2D eigenvalue weighted by atomic mass is 9.86. The predicted octanol–water partition coefficient (Wildman–Crippen LogP) is 3.41. The largest absolute Gasteiger partial charge is 0.489 e. The number of rotatable bonds is 9. The van der Waals surface area contributed by atoms with Gasteiger partial charge in [-0.3, -0.25) is 39.1 Å².